The van der Waals surface area contributed by atoms with E-state index in [0.29, 0.717) is 12.1 Å². The first-order valence-corrected chi connectivity index (χ1v) is 6.42. The molecule has 0 aliphatic heterocycles. The molecule has 0 radical (unpaired) electrons. The normalized spacial score (nSPS) is 14.8. The third kappa shape index (κ3) is 4.88. The lowest BCUT2D eigenvalue weighted by Gasteiger charge is -2.19. The van der Waals surface area contributed by atoms with E-state index in [0.717, 1.165) is 25.8 Å². The number of aryl methyl sites for hydroxylation is 1. The standard InChI is InChI=1S/C13H25N3O/c1-5-8-14-13(7-6-11(2)17-4)12-9-15-16(3)10-12/h9-11,13-14H,5-8H2,1-4H3. The van der Waals surface area contributed by atoms with E-state index in [1.165, 1.54) is 5.56 Å². The molecule has 0 saturated heterocycles. The Kier molecular flexibility index (Phi) is 6.22. The van der Waals surface area contributed by atoms with Crippen molar-refractivity contribution in [1.82, 2.24) is 15.1 Å². The molecule has 0 bridgehead atoms. The lowest BCUT2D eigenvalue weighted by Crippen LogP contribution is -2.23. The van der Waals surface area contributed by atoms with Crippen molar-refractivity contribution in [3.05, 3.63) is 18.0 Å². The molecule has 0 amide bonds. The summed E-state index contributed by atoms with van der Waals surface area (Å²) in [6.07, 6.45) is 7.65. The highest BCUT2D eigenvalue weighted by Crippen LogP contribution is 2.19. The van der Waals surface area contributed by atoms with Crippen molar-refractivity contribution in [3.63, 3.8) is 0 Å². The van der Waals surface area contributed by atoms with Crippen molar-refractivity contribution >= 4 is 0 Å². The van der Waals surface area contributed by atoms with Gasteiger partial charge in [-0.05, 0) is 32.7 Å². The lowest BCUT2D eigenvalue weighted by molar-refractivity contribution is 0.106. The summed E-state index contributed by atoms with van der Waals surface area (Å²) in [6.45, 7) is 5.34. The molecule has 0 fully saturated rings. The molecular formula is C13H25N3O. The van der Waals surface area contributed by atoms with Gasteiger partial charge in [-0.2, -0.15) is 5.10 Å². The molecule has 1 aromatic heterocycles. The van der Waals surface area contributed by atoms with Gasteiger partial charge in [0.05, 0.1) is 12.3 Å². The Morgan fingerprint density at radius 3 is 2.76 bits per heavy atom. The van der Waals surface area contributed by atoms with Crippen molar-refractivity contribution in [2.45, 2.75) is 45.3 Å². The Balaban J connectivity index is 2.54. The molecule has 2 atom stereocenters. The van der Waals surface area contributed by atoms with Crippen LogP contribution in [0.4, 0.5) is 0 Å². The fourth-order valence-electron chi connectivity index (χ4n) is 1.84. The van der Waals surface area contributed by atoms with E-state index in [4.69, 9.17) is 4.74 Å². The second-order valence-electron chi connectivity index (χ2n) is 4.58. The Labute approximate surface area is 104 Å². The third-order valence-corrected chi connectivity index (χ3v) is 3.03. The number of methoxy groups -OCH3 is 1. The van der Waals surface area contributed by atoms with Crippen LogP contribution >= 0.6 is 0 Å². The predicted octanol–water partition coefficient (Wildman–Crippen LogP) is 2.28. The molecule has 1 rings (SSSR count). The smallest absolute Gasteiger partial charge is 0.0543 e. The molecule has 0 aliphatic rings. The Morgan fingerprint density at radius 1 is 1.47 bits per heavy atom. The number of hydrogen-bond donors (Lipinski definition) is 1. The third-order valence-electron chi connectivity index (χ3n) is 3.03. The fraction of sp³-hybridized carbons (Fsp3) is 0.769. The van der Waals surface area contributed by atoms with Crippen molar-refractivity contribution in [1.29, 1.82) is 0 Å². The van der Waals surface area contributed by atoms with Crippen LogP contribution in [0.5, 0.6) is 0 Å². The van der Waals surface area contributed by atoms with Gasteiger partial charge in [0.15, 0.2) is 0 Å². The quantitative estimate of drug-likeness (QED) is 0.756. The van der Waals surface area contributed by atoms with E-state index in [1.807, 2.05) is 17.9 Å². The number of aromatic nitrogens is 2. The monoisotopic (exact) mass is 239 g/mol. The Morgan fingerprint density at radius 2 is 2.24 bits per heavy atom. The molecule has 17 heavy (non-hydrogen) atoms. The summed E-state index contributed by atoms with van der Waals surface area (Å²) in [6, 6.07) is 0.390. The van der Waals surface area contributed by atoms with Crippen LogP contribution in [0.1, 0.15) is 44.7 Å². The minimum atomic E-state index is 0.317. The van der Waals surface area contributed by atoms with Crippen LogP contribution in [0.15, 0.2) is 12.4 Å². The SMILES string of the molecule is CCCNC(CCC(C)OC)c1cnn(C)c1. The van der Waals surface area contributed by atoms with Gasteiger partial charge in [0.2, 0.25) is 0 Å². The van der Waals surface area contributed by atoms with E-state index in [2.05, 4.69) is 30.5 Å². The zero-order valence-corrected chi connectivity index (χ0v) is 11.4. The van der Waals surface area contributed by atoms with Crippen LogP contribution < -0.4 is 5.32 Å². The second kappa shape index (κ2) is 7.45. The number of nitrogens with zero attached hydrogens (tertiary/aromatic N) is 2. The lowest BCUT2D eigenvalue weighted by atomic mass is 10.0. The van der Waals surface area contributed by atoms with Crippen molar-refractivity contribution in [2.75, 3.05) is 13.7 Å². The van der Waals surface area contributed by atoms with E-state index in [1.54, 1.807) is 7.11 Å². The number of rotatable bonds is 8. The first kappa shape index (κ1) is 14.2. The van der Waals surface area contributed by atoms with Gasteiger partial charge in [-0.1, -0.05) is 6.92 Å². The van der Waals surface area contributed by atoms with Crippen LogP contribution in [0.3, 0.4) is 0 Å². The topological polar surface area (TPSA) is 39.1 Å². The van der Waals surface area contributed by atoms with Crippen LogP contribution in [0.2, 0.25) is 0 Å². The van der Waals surface area contributed by atoms with Crippen molar-refractivity contribution in [3.8, 4) is 0 Å². The van der Waals surface area contributed by atoms with Gasteiger partial charge >= 0.3 is 0 Å². The summed E-state index contributed by atoms with van der Waals surface area (Å²) in [4.78, 5) is 0. The van der Waals surface area contributed by atoms with E-state index in [9.17, 15) is 0 Å². The maximum absolute atomic E-state index is 5.30. The van der Waals surface area contributed by atoms with Crippen molar-refractivity contribution < 1.29 is 4.74 Å². The van der Waals surface area contributed by atoms with Gasteiger partial charge in [0.1, 0.15) is 0 Å². The van der Waals surface area contributed by atoms with Crippen LogP contribution in [-0.2, 0) is 11.8 Å². The highest BCUT2D eigenvalue weighted by Gasteiger charge is 2.13. The minimum absolute atomic E-state index is 0.317. The number of hydrogen-bond acceptors (Lipinski definition) is 3. The zero-order valence-electron chi connectivity index (χ0n) is 11.4. The van der Waals surface area contributed by atoms with Gasteiger partial charge in [-0.15, -0.1) is 0 Å². The maximum Gasteiger partial charge on any atom is 0.0543 e. The molecule has 1 aromatic rings. The molecule has 4 heteroatoms. The molecule has 1 N–H and O–H groups in total. The molecule has 2 unspecified atom stereocenters. The average molecular weight is 239 g/mol. The van der Waals surface area contributed by atoms with Gasteiger partial charge in [-0.25, -0.2) is 0 Å². The molecule has 0 saturated carbocycles. The Hall–Kier alpha value is -0.870. The van der Waals surface area contributed by atoms with Crippen LogP contribution in [-0.4, -0.2) is 29.5 Å². The second-order valence-corrected chi connectivity index (χ2v) is 4.58. The Bertz CT molecular complexity index is 311. The summed E-state index contributed by atoms with van der Waals surface area (Å²) in [5.41, 5.74) is 1.27. The summed E-state index contributed by atoms with van der Waals surface area (Å²) in [5.74, 6) is 0. The van der Waals surface area contributed by atoms with Crippen molar-refractivity contribution in [2.24, 2.45) is 7.05 Å². The van der Waals surface area contributed by atoms with Gasteiger partial charge in [0.25, 0.3) is 0 Å². The number of ether oxygens (including phenoxy) is 1. The fourth-order valence-corrected chi connectivity index (χ4v) is 1.84. The molecular weight excluding hydrogens is 214 g/mol. The highest BCUT2D eigenvalue weighted by molar-refractivity contribution is 5.10. The molecule has 1 heterocycles. The molecule has 4 nitrogen and oxygen atoms in total. The molecule has 0 aliphatic carbocycles. The summed E-state index contributed by atoms with van der Waals surface area (Å²) in [7, 11) is 3.72. The van der Waals surface area contributed by atoms with E-state index < -0.39 is 0 Å². The van der Waals surface area contributed by atoms with Crippen LogP contribution in [0, 0.1) is 0 Å². The van der Waals surface area contributed by atoms with Crippen LogP contribution in [0.25, 0.3) is 0 Å². The molecule has 98 valence electrons. The maximum atomic E-state index is 5.30. The van der Waals surface area contributed by atoms with Gasteiger partial charge in [-0.3, -0.25) is 4.68 Å². The largest absolute Gasteiger partial charge is 0.382 e. The van der Waals surface area contributed by atoms with E-state index >= 15 is 0 Å². The summed E-state index contributed by atoms with van der Waals surface area (Å²) in [5, 5.41) is 7.81. The molecule has 0 spiro atoms. The number of nitrogens with one attached hydrogen (secondary N) is 1. The predicted molar refractivity (Wildman–Crippen MR) is 69.9 cm³/mol. The van der Waals surface area contributed by atoms with Gasteiger partial charge < -0.3 is 10.1 Å². The minimum Gasteiger partial charge on any atom is -0.382 e. The summed E-state index contributed by atoms with van der Waals surface area (Å²) >= 11 is 0. The first-order valence-electron chi connectivity index (χ1n) is 6.42. The summed E-state index contributed by atoms with van der Waals surface area (Å²) < 4.78 is 7.15. The first-order chi connectivity index (χ1) is 8.17. The van der Waals surface area contributed by atoms with Gasteiger partial charge in [0, 0.05) is 32.0 Å². The highest BCUT2D eigenvalue weighted by atomic mass is 16.5. The van der Waals surface area contributed by atoms with E-state index in [-0.39, 0.29) is 0 Å². The zero-order chi connectivity index (χ0) is 12.7. The molecule has 0 aromatic carbocycles. The average Bonchev–Trinajstić information content (AvgIpc) is 2.75.